The molecule has 19 heavy (non-hydrogen) atoms. The van der Waals surface area contributed by atoms with Crippen LogP contribution in [-0.2, 0) is 0 Å². The van der Waals surface area contributed by atoms with Gasteiger partial charge in [0.1, 0.15) is 11.6 Å². The number of hydrogen-bond donors (Lipinski definition) is 1. The van der Waals surface area contributed by atoms with E-state index in [0.29, 0.717) is 6.04 Å². The van der Waals surface area contributed by atoms with Crippen LogP contribution in [0.2, 0.25) is 0 Å². The smallest absolute Gasteiger partial charge is 0.134 e. The monoisotopic (exact) mass is 254 g/mol. The van der Waals surface area contributed by atoms with E-state index in [1.54, 1.807) is 7.11 Å². The van der Waals surface area contributed by atoms with Gasteiger partial charge in [-0.25, -0.2) is 4.98 Å². The maximum absolute atomic E-state index is 5.41. The summed E-state index contributed by atoms with van der Waals surface area (Å²) in [6, 6.07) is 8.56. The van der Waals surface area contributed by atoms with Gasteiger partial charge in [-0.3, -0.25) is 0 Å². The molecule has 3 nitrogen and oxygen atoms in total. The molecule has 0 radical (unpaired) electrons. The van der Waals surface area contributed by atoms with Gasteiger partial charge >= 0.3 is 0 Å². The first-order valence-corrected chi connectivity index (χ1v) is 6.72. The number of fused-ring (bicyclic) bond motifs is 1. The lowest BCUT2D eigenvalue weighted by molar-refractivity contribution is 0.420. The molecule has 0 aliphatic heterocycles. The third-order valence-corrected chi connectivity index (χ3v) is 3.60. The Labute approximate surface area is 113 Å². The Morgan fingerprint density at radius 1 is 1.21 bits per heavy atom. The Balaban J connectivity index is 1.97. The fourth-order valence-corrected chi connectivity index (χ4v) is 2.59. The van der Waals surface area contributed by atoms with Crippen LogP contribution in [0.3, 0.4) is 0 Å². The van der Waals surface area contributed by atoms with Gasteiger partial charge in [-0.05, 0) is 31.4 Å². The lowest BCUT2D eigenvalue weighted by Gasteiger charge is -2.21. The minimum absolute atomic E-state index is 0.481. The van der Waals surface area contributed by atoms with Crippen molar-refractivity contribution in [3.05, 3.63) is 42.6 Å². The highest BCUT2D eigenvalue weighted by Gasteiger charge is 2.12. The van der Waals surface area contributed by atoms with E-state index in [4.69, 9.17) is 4.74 Å². The van der Waals surface area contributed by atoms with Crippen molar-refractivity contribution in [1.29, 1.82) is 0 Å². The molecule has 0 spiro atoms. The highest BCUT2D eigenvalue weighted by atomic mass is 16.5. The lowest BCUT2D eigenvalue weighted by Crippen LogP contribution is -2.21. The van der Waals surface area contributed by atoms with Crippen LogP contribution in [0.4, 0.5) is 5.82 Å². The third-order valence-electron chi connectivity index (χ3n) is 3.60. The molecule has 0 saturated heterocycles. The molecule has 1 unspecified atom stereocenters. The number of hydrogen-bond acceptors (Lipinski definition) is 3. The van der Waals surface area contributed by atoms with Crippen molar-refractivity contribution < 1.29 is 4.74 Å². The summed E-state index contributed by atoms with van der Waals surface area (Å²) < 4.78 is 5.41. The summed E-state index contributed by atoms with van der Waals surface area (Å²) in [5, 5.41) is 5.78. The molecule has 1 aliphatic carbocycles. The normalized spacial score (nSPS) is 18.5. The first-order valence-electron chi connectivity index (χ1n) is 6.72. The molecule has 3 rings (SSSR count). The summed E-state index contributed by atoms with van der Waals surface area (Å²) in [5.41, 5.74) is 0. The fourth-order valence-electron chi connectivity index (χ4n) is 2.59. The molecule has 0 bridgehead atoms. The zero-order valence-corrected chi connectivity index (χ0v) is 11.1. The number of aromatic nitrogens is 1. The molecule has 1 aromatic carbocycles. The molecule has 2 aromatic rings. The first-order chi connectivity index (χ1) is 9.38. The van der Waals surface area contributed by atoms with Gasteiger partial charge in [0.05, 0.1) is 7.11 Å². The number of ether oxygens (including phenoxy) is 1. The second-order valence-electron chi connectivity index (χ2n) is 4.84. The largest absolute Gasteiger partial charge is 0.496 e. The Bertz CT molecular complexity index is 607. The quantitative estimate of drug-likeness (QED) is 0.847. The molecule has 1 aromatic heterocycles. The number of anilines is 1. The molecule has 0 saturated carbocycles. The highest BCUT2D eigenvalue weighted by molar-refractivity contribution is 5.95. The third kappa shape index (κ3) is 2.41. The molecule has 1 atom stereocenters. The summed E-state index contributed by atoms with van der Waals surface area (Å²) in [7, 11) is 1.70. The number of allylic oxidation sites excluding steroid dienone is 1. The minimum Gasteiger partial charge on any atom is -0.496 e. The van der Waals surface area contributed by atoms with E-state index >= 15 is 0 Å². The molecule has 1 heterocycles. The SMILES string of the molecule is COc1cccc2c(NC3CC=CCC3)nccc12. The van der Waals surface area contributed by atoms with Gasteiger partial charge < -0.3 is 10.1 Å². The van der Waals surface area contributed by atoms with Gasteiger partial charge in [-0.1, -0.05) is 24.3 Å². The number of nitrogens with zero attached hydrogens (tertiary/aromatic N) is 1. The minimum atomic E-state index is 0.481. The molecule has 1 aliphatic rings. The van der Waals surface area contributed by atoms with Crippen molar-refractivity contribution in [2.45, 2.75) is 25.3 Å². The van der Waals surface area contributed by atoms with Crippen LogP contribution in [-0.4, -0.2) is 18.1 Å². The molecular formula is C16H18N2O. The topological polar surface area (TPSA) is 34.1 Å². The van der Waals surface area contributed by atoms with Gasteiger partial charge in [-0.2, -0.15) is 0 Å². The summed E-state index contributed by atoms with van der Waals surface area (Å²) in [4.78, 5) is 4.49. The first kappa shape index (κ1) is 12.0. The summed E-state index contributed by atoms with van der Waals surface area (Å²) in [6.07, 6.45) is 9.71. The fraction of sp³-hybridized carbons (Fsp3) is 0.312. The number of pyridine rings is 1. The average molecular weight is 254 g/mol. The molecule has 98 valence electrons. The van der Waals surface area contributed by atoms with E-state index in [1.807, 2.05) is 24.4 Å². The Morgan fingerprint density at radius 2 is 2.16 bits per heavy atom. The van der Waals surface area contributed by atoms with Crippen molar-refractivity contribution in [3.63, 3.8) is 0 Å². The van der Waals surface area contributed by atoms with Crippen molar-refractivity contribution in [1.82, 2.24) is 4.98 Å². The zero-order chi connectivity index (χ0) is 13.1. The van der Waals surface area contributed by atoms with E-state index in [1.165, 1.54) is 6.42 Å². The lowest BCUT2D eigenvalue weighted by atomic mass is 10.0. The van der Waals surface area contributed by atoms with Crippen LogP contribution < -0.4 is 10.1 Å². The van der Waals surface area contributed by atoms with E-state index in [2.05, 4.69) is 28.5 Å². The zero-order valence-electron chi connectivity index (χ0n) is 11.1. The van der Waals surface area contributed by atoms with Crippen LogP contribution in [0.15, 0.2) is 42.6 Å². The van der Waals surface area contributed by atoms with Crippen molar-refractivity contribution in [3.8, 4) is 5.75 Å². The molecule has 0 amide bonds. The molecule has 3 heteroatoms. The Morgan fingerprint density at radius 3 is 2.95 bits per heavy atom. The van der Waals surface area contributed by atoms with Gasteiger partial charge in [0.2, 0.25) is 0 Å². The van der Waals surface area contributed by atoms with Crippen LogP contribution in [0, 0.1) is 0 Å². The van der Waals surface area contributed by atoms with Gasteiger partial charge in [0, 0.05) is 23.0 Å². The number of benzene rings is 1. The van der Waals surface area contributed by atoms with E-state index in [0.717, 1.165) is 35.2 Å². The Kier molecular flexibility index (Phi) is 3.36. The van der Waals surface area contributed by atoms with Crippen LogP contribution in [0.5, 0.6) is 5.75 Å². The van der Waals surface area contributed by atoms with E-state index < -0.39 is 0 Å². The summed E-state index contributed by atoms with van der Waals surface area (Å²) in [6.45, 7) is 0. The van der Waals surface area contributed by atoms with Gasteiger partial charge in [0.15, 0.2) is 0 Å². The predicted molar refractivity (Wildman–Crippen MR) is 78.7 cm³/mol. The standard InChI is InChI=1S/C16H18N2O/c1-19-15-9-5-8-14-13(15)10-11-17-16(14)18-12-6-3-2-4-7-12/h2-3,5,8-12H,4,6-7H2,1H3,(H,17,18). The molecule has 1 N–H and O–H groups in total. The van der Waals surface area contributed by atoms with Gasteiger partial charge in [-0.15, -0.1) is 0 Å². The van der Waals surface area contributed by atoms with Crippen molar-refractivity contribution >= 4 is 16.6 Å². The van der Waals surface area contributed by atoms with Crippen LogP contribution >= 0.6 is 0 Å². The van der Waals surface area contributed by atoms with Crippen molar-refractivity contribution in [2.24, 2.45) is 0 Å². The van der Waals surface area contributed by atoms with E-state index in [-0.39, 0.29) is 0 Å². The number of rotatable bonds is 3. The average Bonchev–Trinajstić information content (AvgIpc) is 2.48. The maximum Gasteiger partial charge on any atom is 0.134 e. The number of methoxy groups -OCH3 is 1. The summed E-state index contributed by atoms with van der Waals surface area (Å²) in [5.74, 6) is 1.85. The molecule has 0 fully saturated rings. The second kappa shape index (κ2) is 5.31. The highest BCUT2D eigenvalue weighted by Crippen LogP contribution is 2.30. The molecular weight excluding hydrogens is 236 g/mol. The predicted octanol–water partition coefficient (Wildman–Crippen LogP) is 3.76. The van der Waals surface area contributed by atoms with Crippen LogP contribution in [0.1, 0.15) is 19.3 Å². The maximum atomic E-state index is 5.41. The van der Waals surface area contributed by atoms with Crippen LogP contribution in [0.25, 0.3) is 10.8 Å². The summed E-state index contributed by atoms with van der Waals surface area (Å²) >= 11 is 0. The van der Waals surface area contributed by atoms with Crippen molar-refractivity contribution in [2.75, 3.05) is 12.4 Å². The van der Waals surface area contributed by atoms with E-state index in [9.17, 15) is 0 Å². The second-order valence-corrected chi connectivity index (χ2v) is 4.84. The Hall–Kier alpha value is -2.03. The van der Waals surface area contributed by atoms with Gasteiger partial charge in [0.25, 0.3) is 0 Å². The number of nitrogens with one attached hydrogen (secondary N) is 1.